The normalized spacial score (nSPS) is 17.3. The summed E-state index contributed by atoms with van der Waals surface area (Å²) in [5.41, 5.74) is 1.58. The van der Waals surface area contributed by atoms with Gasteiger partial charge in [-0.25, -0.2) is 0 Å². The number of carbonyl (C=O) groups excluding carboxylic acids is 1. The first-order valence-electron chi connectivity index (χ1n) is 7.78. The largest absolute Gasteiger partial charge is 0.394 e. The van der Waals surface area contributed by atoms with Crippen molar-refractivity contribution in [3.63, 3.8) is 0 Å². The molecule has 1 aliphatic carbocycles. The molecule has 114 valence electrons. The van der Waals surface area contributed by atoms with Crippen LogP contribution in [0.15, 0.2) is 60.7 Å². The van der Waals surface area contributed by atoms with E-state index in [4.69, 9.17) is 0 Å². The molecule has 2 aromatic carbocycles. The number of benzene rings is 2. The number of nitrogens with one attached hydrogen (secondary N) is 1. The zero-order valence-electron chi connectivity index (χ0n) is 12.5. The quantitative estimate of drug-likeness (QED) is 0.891. The Morgan fingerprint density at radius 1 is 1.05 bits per heavy atom. The zero-order chi connectivity index (χ0) is 15.4. The van der Waals surface area contributed by atoms with E-state index >= 15 is 0 Å². The lowest BCUT2D eigenvalue weighted by Crippen LogP contribution is -2.50. The average Bonchev–Trinajstić information content (AvgIpc) is 2.53. The molecule has 0 saturated heterocycles. The highest BCUT2D eigenvalue weighted by atomic mass is 16.3. The molecular weight excluding hydrogens is 274 g/mol. The summed E-state index contributed by atoms with van der Waals surface area (Å²) < 4.78 is 0. The number of amides is 1. The van der Waals surface area contributed by atoms with E-state index in [-0.39, 0.29) is 18.6 Å². The van der Waals surface area contributed by atoms with E-state index in [9.17, 15) is 9.90 Å². The Morgan fingerprint density at radius 3 is 2.14 bits per heavy atom. The van der Waals surface area contributed by atoms with Gasteiger partial charge in [-0.2, -0.15) is 0 Å². The van der Waals surface area contributed by atoms with E-state index in [1.807, 2.05) is 60.7 Å². The van der Waals surface area contributed by atoms with Crippen LogP contribution in [0.25, 0.3) is 0 Å². The monoisotopic (exact) mass is 295 g/mol. The van der Waals surface area contributed by atoms with Gasteiger partial charge in [0.15, 0.2) is 0 Å². The lowest BCUT2D eigenvalue weighted by atomic mass is 9.63. The van der Waals surface area contributed by atoms with Gasteiger partial charge in [-0.05, 0) is 24.0 Å². The molecule has 0 spiro atoms. The molecule has 1 amide bonds. The van der Waals surface area contributed by atoms with Crippen molar-refractivity contribution < 1.29 is 9.90 Å². The molecule has 3 heteroatoms. The molecular formula is C19H21NO2. The molecule has 0 bridgehead atoms. The Hall–Kier alpha value is -2.13. The van der Waals surface area contributed by atoms with Crippen molar-refractivity contribution in [3.8, 4) is 0 Å². The van der Waals surface area contributed by atoms with Gasteiger partial charge in [-0.15, -0.1) is 0 Å². The van der Waals surface area contributed by atoms with Crippen LogP contribution < -0.4 is 5.32 Å². The predicted molar refractivity (Wildman–Crippen MR) is 86.4 cm³/mol. The van der Waals surface area contributed by atoms with Crippen LogP contribution in [0.1, 0.15) is 36.4 Å². The lowest BCUT2D eigenvalue weighted by Gasteiger charge is -2.41. The highest BCUT2D eigenvalue weighted by Gasteiger charge is 2.45. The minimum absolute atomic E-state index is 0.0212. The summed E-state index contributed by atoms with van der Waals surface area (Å²) in [5.74, 6) is 0.0212. The zero-order valence-corrected chi connectivity index (χ0v) is 12.5. The minimum Gasteiger partial charge on any atom is -0.394 e. The van der Waals surface area contributed by atoms with Gasteiger partial charge in [0.05, 0.1) is 18.1 Å². The van der Waals surface area contributed by atoms with Crippen molar-refractivity contribution in [2.45, 2.75) is 30.7 Å². The van der Waals surface area contributed by atoms with Gasteiger partial charge >= 0.3 is 0 Å². The van der Waals surface area contributed by atoms with E-state index in [1.165, 1.54) is 0 Å². The molecule has 0 unspecified atom stereocenters. The van der Waals surface area contributed by atoms with Crippen molar-refractivity contribution in [1.29, 1.82) is 0 Å². The molecule has 0 radical (unpaired) electrons. The van der Waals surface area contributed by atoms with Gasteiger partial charge in [0.25, 0.3) is 0 Å². The number of aliphatic hydroxyl groups excluding tert-OH is 1. The summed E-state index contributed by atoms with van der Waals surface area (Å²) in [7, 11) is 0. The molecule has 0 heterocycles. The summed E-state index contributed by atoms with van der Waals surface area (Å²) >= 11 is 0. The highest BCUT2D eigenvalue weighted by Crippen LogP contribution is 2.44. The SMILES string of the molecule is O=C(N[C@H](CO)c1ccccc1)C1(c2ccccc2)CCC1. The van der Waals surface area contributed by atoms with Crippen LogP contribution >= 0.6 is 0 Å². The average molecular weight is 295 g/mol. The second-order valence-electron chi connectivity index (χ2n) is 5.92. The second kappa shape index (κ2) is 6.32. The maximum absolute atomic E-state index is 12.9. The first-order chi connectivity index (χ1) is 10.8. The van der Waals surface area contributed by atoms with E-state index < -0.39 is 5.41 Å². The van der Waals surface area contributed by atoms with E-state index in [0.29, 0.717) is 0 Å². The number of rotatable bonds is 5. The summed E-state index contributed by atoms with van der Waals surface area (Å²) in [6.45, 7) is -0.0966. The van der Waals surface area contributed by atoms with Crippen LogP contribution in [-0.2, 0) is 10.2 Å². The Bertz CT molecular complexity index is 620. The van der Waals surface area contributed by atoms with E-state index in [2.05, 4.69) is 5.32 Å². The molecule has 0 aromatic heterocycles. The predicted octanol–water partition coefficient (Wildman–Crippen LogP) is 2.96. The lowest BCUT2D eigenvalue weighted by molar-refractivity contribution is -0.131. The minimum atomic E-state index is -0.427. The van der Waals surface area contributed by atoms with Crippen LogP contribution in [0.4, 0.5) is 0 Å². The number of carbonyl (C=O) groups is 1. The summed E-state index contributed by atoms with van der Waals surface area (Å²) in [5, 5.41) is 12.7. The fourth-order valence-electron chi connectivity index (χ4n) is 3.15. The van der Waals surface area contributed by atoms with Gasteiger partial charge in [-0.3, -0.25) is 4.79 Å². The number of hydrogen-bond acceptors (Lipinski definition) is 2. The van der Waals surface area contributed by atoms with E-state index in [1.54, 1.807) is 0 Å². The van der Waals surface area contributed by atoms with Crippen LogP contribution in [0.5, 0.6) is 0 Å². The van der Waals surface area contributed by atoms with Crippen molar-refractivity contribution in [2.75, 3.05) is 6.61 Å². The summed E-state index contributed by atoms with van der Waals surface area (Å²) in [4.78, 5) is 12.9. The van der Waals surface area contributed by atoms with Crippen LogP contribution in [0.2, 0.25) is 0 Å². The van der Waals surface area contributed by atoms with Gasteiger partial charge in [-0.1, -0.05) is 67.1 Å². The molecule has 3 rings (SSSR count). The van der Waals surface area contributed by atoms with Gasteiger partial charge < -0.3 is 10.4 Å². The standard InChI is InChI=1S/C19H21NO2/c21-14-17(15-8-3-1-4-9-15)20-18(22)19(12-7-13-19)16-10-5-2-6-11-16/h1-6,8-11,17,21H,7,12-14H2,(H,20,22)/t17-/m1/s1. The first kappa shape index (κ1) is 14.8. The van der Waals surface area contributed by atoms with Crippen LogP contribution in [0.3, 0.4) is 0 Å². The Labute approximate surface area is 131 Å². The second-order valence-corrected chi connectivity index (χ2v) is 5.92. The molecule has 1 fully saturated rings. The Kier molecular flexibility index (Phi) is 4.25. The molecule has 2 N–H and O–H groups in total. The highest BCUT2D eigenvalue weighted by molar-refractivity contribution is 5.89. The molecule has 2 aromatic rings. The topological polar surface area (TPSA) is 49.3 Å². The maximum atomic E-state index is 12.9. The van der Waals surface area contributed by atoms with Crippen LogP contribution in [-0.4, -0.2) is 17.6 Å². The van der Waals surface area contributed by atoms with Crippen molar-refractivity contribution in [3.05, 3.63) is 71.8 Å². The first-order valence-corrected chi connectivity index (χ1v) is 7.78. The third-order valence-electron chi connectivity index (χ3n) is 4.66. The summed E-state index contributed by atoms with van der Waals surface area (Å²) in [6.07, 6.45) is 2.81. The third-order valence-corrected chi connectivity index (χ3v) is 4.66. The fraction of sp³-hybridized carbons (Fsp3) is 0.316. The van der Waals surface area contributed by atoms with Gasteiger partial charge in [0, 0.05) is 0 Å². The van der Waals surface area contributed by atoms with Crippen molar-refractivity contribution in [2.24, 2.45) is 0 Å². The number of aliphatic hydroxyl groups is 1. The van der Waals surface area contributed by atoms with Gasteiger partial charge in [0.1, 0.15) is 0 Å². The molecule has 3 nitrogen and oxygen atoms in total. The molecule has 22 heavy (non-hydrogen) atoms. The maximum Gasteiger partial charge on any atom is 0.231 e. The Morgan fingerprint density at radius 2 is 1.64 bits per heavy atom. The van der Waals surface area contributed by atoms with Gasteiger partial charge in [0.2, 0.25) is 5.91 Å². The molecule has 1 aliphatic rings. The number of hydrogen-bond donors (Lipinski definition) is 2. The Balaban J connectivity index is 1.81. The molecule has 0 aliphatic heterocycles. The summed E-state index contributed by atoms with van der Waals surface area (Å²) in [6, 6.07) is 19.2. The van der Waals surface area contributed by atoms with Crippen molar-refractivity contribution in [1.82, 2.24) is 5.32 Å². The van der Waals surface area contributed by atoms with Crippen molar-refractivity contribution >= 4 is 5.91 Å². The molecule has 1 atom stereocenters. The van der Waals surface area contributed by atoms with E-state index in [0.717, 1.165) is 30.4 Å². The third kappa shape index (κ3) is 2.64. The fourth-order valence-corrected chi connectivity index (χ4v) is 3.15. The van der Waals surface area contributed by atoms with Crippen LogP contribution in [0, 0.1) is 0 Å². The smallest absolute Gasteiger partial charge is 0.231 e. The molecule has 1 saturated carbocycles.